The van der Waals surface area contributed by atoms with Gasteiger partial charge in [-0.2, -0.15) is 0 Å². The molecule has 1 heterocycles. The molecule has 0 spiro atoms. The van der Waals surface area contributed by atoms with Gasteiger partial charge in [-0.3, -0.25) is 0 Å². The van der Waals surface area contributed by atoms with Crippen molar-refractivity contribution in [3.63, 3.8) is 0 Å². The van der Waals surface area contributed by atoms with E-state index >= 15 is 0 Å². The van der Waals surface area contributed by atoms with E-state index in [1.807, 2.05) is 19.9 Å². The van der Waals surface area contributed by atoms with Crippen molar-refractivity contribution in [2.24, 2.45) is 0 Å². The van der Waals surface area contributed by atoms with Crippen LogP contribution in [0.3, 0.4) is 0 Å². The second-order valence-electron chi connectivity index (χ2n) is 7.42. The zero-order valence-corrected chi connectivity index (χ0v) is 17.2. The zero-order valence-electron chi connectivity index (χ0n) is 17.2. The molecule has 2 rings (SSSR count). The van der Waals surface area contributed by atoms with Crippen molar-refractivity contribution in [1.82, 2.24) is 5.32 Å². The van der Waals surface area contributed by atoms with E-state index in [0.717, 1.165) is 35.3 Å². The lowest BCUT2D eigenvalue weighted by atomic mass is 9.85. The van der Waals surface area contributed by atoms with Gasteiger partial charge in [0.05, 0.1) is 0 Å². The number of rotatable bonds is 6. The maximum Gasteiger partial charge on any atom is 0.0421 e. The van der Waals surface area contributed by atoms with Crippen LogP contribution in [0.15, 0.2) is 106 Å². The summed E-state index contributed by atoms with van der Waals surface area (Å²) >= 11 is 0. The summed E-state index contributed by atoms with van der Waals surface area (Å²) in [5.74, 6) is 0. The van der Waals surface area contributed by atoms with Crippen molar-refractivity contribution in [3.8, 4) is 0 Å². The van der Waals surface area contributed by atoms with Crippen LogP contribution >= 0.6 is 0 Å². The van der Waals surface area contributed by atoms with E-state index in [1.165, 1.54) is 33.6 Å². The minimum atomic E-state index is 0.837. The molecule has 2 radical (unpaired) electrons. The lowest BCUT2D eigenvalue weighted by Crippen LogP contribution is -2.23. The Balaban J connectivity index is 2.19. The molecular weight excluding hydrogens is 326 g/mol. The highest BCUT2D eigenvalue weighted by molar-refractivity contribution is 5.54. The van der Waals surface area contributed by atoms with Crippen molar-refractivity contribution >= 4 is 0 Å². The molecule has 0 aromatic heterocycles. The minimum Gasteiger partial charge on any atom is -0.358 e. The third kappa shape index (κ3) is 5.23. The second kappa shape index (κ2) is 8.90. The van der Waals surface area contributed by atoms with Crippen LogP contribution < -0.4 is 5.32 Å². The number of dihydropyridines is 1. The highest BCUT2D eigenvalue weighted by atomic mass is 14.9. The smallest absolute Gasteiger partial charge is 0.0421 e. The number of hydrogen-bond acceptors (Lipinski definition) is 1. The monoisotopic (exact) mass is 357 g/mol. The second-order valence-corrected chi connectivity index (χ2v) is 7.42. The average molecular weight is 358 g/mol. The van der Waals surface area contributed by atoms with Gasteiger partial charge in [0.2, 0.25) is 0 Å². The maximum absolute atomic E-state index is 4.30. The fourth-order valence-corrected chi connectivity index (χ4v) is 2.88. The molecule has 0 saturated carbocycles. The number of hydrogen-bond donors (Lipinski definition) is 1. The van der Waals surface area contributed by atoms with Crippen molar-refractivity contribution in [3.05, 3.63) is 119 Å². The molecule has 0 amide bonds. The van der Waals surface area contributed by atoms with Crippen LogP contribution in [0.2, 0.25) is 0 Å². The number of allylic oxidation sites excluding steroid dienone is 12. The zero-order chi connectivity index (χ0) is 20.1. The molecule has 0 bridgehead atoms. The van der Waals surface area contributed by atoms with Gasteiger partial charge in [0.15, 0.2) is 0 Å². The van der Waals surface area contributed by atoms with Crippen molar-refractivity contribution < 1.29 is 0 Å². The Kier molecular flexibility index (Phi) is 6.85. The molecule has 1 aliphatic carbocycles. The summed E-state index contributed by atoms with van der Waals surface area (Å²) in [5.41, 5.74) is 11.7. The van der Waals surface area contributed by atoms with Crippen LogP contribution in [-0.2, 0) is 0 Å². The van der Waals surface area contributed by atoms with Crippen molar-refractivity contribution in [2.45, 2.75) is 40.5 Å². The van der Waals surface area contributed by atoms with Gasteiger partial charge >= 0.3 is 0 Å². The fraction of sp³-hybridized carbons (Fsp3) is 0.231. The SMILES string of the molecule is [CH2]C1=C(/C=C(/C)C(=C)C)CC2=C(C1)NC(/C(C=C)=C/C=C(/C)C(=C)C)=C[CH]2. The van der Waals surface area contributed by atoms with Crippen molar-refractivity contribution in [2.75, 3.05) is 0 Å². The van der Waals surface area contributed by atoms with Crippen LogP contribution in [0.5, 0.6) is 0 Å². The van der Waals surface area contributed by atoms with Crippen LogP contribution in [0.1, 0.15) is 40.5 Å². The predicted molar refractivity (Wildman–Crippen MR) is 120 cm³/mol. The molecule has 0 aromatic rings. The highest BCUT2D eigenvalue weighted by Gasteiger charge is 2.21. The summed E-state index contributed by atoms with van der Waals surface area (Å²) in [6, 6.07) is 0. The first kappa shape index (κ1) is 20.8. The molecule has 1 nitrogen and oxygen atoms in total. The van der Waals surface area contributed by atoms with Crippen molar-refractivity contribution in [1.29, 1.82) is 0 Å². The lowest BCUT2D eigenvalue weighted by Gasteiger charge is -2.29. The van der Waals surface area contributed by atoms with Gasteiger partial charge in [-0.05, 0) is 68.9 Å². The van der Waals surface area contributed by atoms with E-state index in [0.29, 0.717) is 0 Å². The molecule has 27 heavy (non-hydrogen) atoms. The first-order chi connectivity index (χ1) is 12.7. The van der Waals surface area contributed by atoms with Gasteiger partial charge in [-0.1, -0.05) is 66.8 Å². The van der Waals surface area contributed by atoms with Crippen LogP contribution in [0, 0.1) is 13.3 Å². The average Bonchev–Trinajstić information content (AvgIpc) is 2.62. The molecule has 0 aromatic carbocycles. The van der Waals surface area contributed by atoms with E-state index < -0.39 is 0 Å². The maximum atomic E-state index is 4.30. The van der Waals surface area contributed by atoms with E-state index in [2.05, 4.69) is 76.5 Å². The Morgan fingerprint density at radius 3 is 2.26 bits per heavy atom. The molecule has 1 N–H and O–H groups in total. The van der Waals surface area contributed by atoms with Gasteiger partial charge in [-0.15, -0.1) is 0 Å². The minimum absolute atomic E-state index is 0.837. The third-order valence-electron chi connectivity index (χ3n) is 5.13. The molecule has 0 fully saturated rings. The Hall–Kier alpha value is -2.54. The Morgan fingerprint density at radius 2 is 1.67 bits per heavy atom. The summed E-state index contributed by atoms with van der Waals surface area (Å²) in [5, 5.41) is 3.59. The molecule has 0 unspecified atom stereocenters. The molecule has 140 valence electrons. The van der Waals surface area contributed by atoms with E-state index in [-0.39, 0.29) is 0 Å². The predicted octanol–water partition coefficient (Wildman–Crippen LogP) is 7.01. The summed E-state index contributed by atoms with van der Waals surface area (Å²) in [6.07, 6.45) is 14.4. The number of nitrogens with one attached hydrogen (secondary N) is 1. The Morgan fingerprint density at radius 1 is 1.00 bits per heavy atom. The Labute approximate surface area is 165 Å². The van der Waals surface area contributed by atoms with Crippen LogP contribution in [-0.4, -0.2) is 0 Å². The van der Waals surface area contributed by atoms with E-state index in [4.69, 9.17) is 0 Å². The van der Waals surface area contributed by atoms with Gasteiger partial charge in [-0.25, -0.2) is 0 Å². The Bertz CT molecular complexity index is 860. The first-order valence-electron chi connectivity index (χ1n) is 9.32. The van der Waals surface area contributed by atoms with Crippen LogP contribution in [0.4, 0.5) is 0 Å². The molecule has 1 heteroatoms. The fourth-order valence-electron chi connectivity index (χ4n) is 2.88. The molecule has 0 saturated heterocycles. The third-order valence-corrected chi connectivity index (χ3v) is 5.13. The summed E-state index contributed by atoms with van der Waals surface area (Å²) in [6.45, 7) is 24.5. The first-order valence-corrected chi connectivity index (χ1v) is 9.32. The van der Waals surface area contributed by atoms with E-state index in [9.17, 15) is 0 Å². The van der Waals surface area contributed by atoms with E-state index in [1.54, 1.807) is 0 Å². The molecular formula is C26H31N. The largest absolute Gasteiger partial charge is 0.358 e. The highest BCUT2D eigenvalue weighted by Crippen LogP contribution is 2.35. The molecule has 2 aliphatic rings. The van der Waals surface area contributed by atoms with Gasteiger partial charge in [0.1, 0.15) is 0 Å². The quantitative estimate of drug-likeness (QED) is 0.504. The van der Waals surface area contributed by atoms with Crippen LogP contribution in [0.25, 0.3) is 0 Å². The topological polar surface area (TPSA) is 12.0 Å². The summed E-state index contributed by atoms with van der Waals surface area (Å²) < 4.78 is 0. The lowest BCUT2D eigenvalue weighted by molar-refractivity contribution is 0.835. The summed E-state index contributed by atoms with van der Waals surface area (Å²) in [7, 11) is 0. The standard InChI is InChI=1S/C26H31N/c1-9-22(11-10-19(6)17(2)3)25-13-12-23-16-24(14-20(7)18(4)5)21(8)15-26(23)27-25/h9-14,27H,1-2,4,8,15-16H2,3,5-7H3/b19-10-,20-14-,22-11+. The van der Waals surface area contributed by atoms with Gasteiger partial charge < -0.3 is 5.32 Å². The van der Waals surface area contributed by atoms with Gasteiger partial charge in [0, 0.05) is 24.2 Å². The molecule has 1 aliphatic heterocycles. The molecule has 0 atom stereocenters. The normalized spacial score (nSPS) is 18.7. The summed E-state index contributed by atoms with van der Waals surface area (Å²) in [4.78, 5) is 0. The van der Waals surface area contributed by atoms with Gasteiger partial charge in [0.25, 0.3) is 0 Å².